The minimum atomic E-state index is -0.951. The highest BCUT2D eigenvalue weighted by Gasteiger charge is 2.47. The zero-order valence-corrected chi connectivity index (χ0v) is 16.2. The van der Waals surface area contributed by atoms with Crippen LogP contribution in [-0.2, 0) is 19.1 Å². The van der Waals surface area contributed by atoms with Crippen molar-refractivity contribution in [1.29, 1.82) is 0 Å². The number of thiophene rings is 1. The second kappa shape index (κ2) is 8.35. The maximum Gasteiger partial charge on any atom is 0.309 e. The van der Waals surface area contributed by atoms with Crippen molar-refractivity contribution in [2.24, 2.45) is 11.8 Å². The predicted octanol–water partition coefficient (Wildman–Crippen LogP) is 2.32. The van der Waals surface area contributed by atoms with Crippen LogP contribution in [0.15, 0.2) is 24.8 Å². The Morgan fingerprint density at radius 2 is 2.04 bits per heavy atom. The molecule has 1 aliphatic carbocycles. The van der Waals surface area contributed by atoms with Gasteiger partial charge in [-0.15, -0.1) is 17.9 Å². The molecule has 0 radical (unpaired) electrons. The van der Waals surface area contributed by atoms with E-state index in [-0.39, 0.29) is 11.9 Å². The molecule has 2 fully saturated rings. The third kappa shape index (κ3) is 3.99. The summed E-state index contributed by atoms with van der Waals surface area (Å²) in [5, 5.41) is 11.2. The fourth-order valence-electron chi connectivity index (χ4n) is 3.65. The fourth-order valence-corrected chi connectivity index (χ4v) is 4.85. The number of hydrogen-bond donors (Lipinski definition) is 1. The average Bonchev–Trinajstić information content (AvgIpc) is 3.22. The Bertz CT molecular complexity index is 734. The average molecular weight is 391 g/mol. The number of hydrogen-bond acceptors (Lipinski definition) is 7. The van der Waals surface area contributed by atoms with Crippen molar-refractivity contribution in [2.45, 2.75) is 38.2 Å². The first kappa shape index (κ1) is 19.8. The molecule has 0 aromatic carbocycles. The highest BCUT2D eigenvalue weighted by Crippen LogP contribution is 2.40. The van der Waals surface area contributed by atoms with Crippen molar-refractivity contribution in [3.05, 3.63) is 29.7 Å². The van der Waals surface area contributed by atoms with Crippen LogP contribution >= 0.6 is 11.3 Å². The molecule has 1 N–H and O–H groups in total. The normalized spacial score (nSPS) is 26.4. The maximum absolute atomic E-state index is 12.2. The van der Waals surface area contributed by atoms with E-state index in [0.29, 0.717) is 13.0 Å². The zero-order valence-electron chi connectivity index (χ0n) is 15.4. The van der Waals surface area contributed by atoms with E-state index in [1.54, 1.807) is 13.0 Å². The molecule has 1 saturated heterocycles. The molecule has 1 aromatic rings. The van der Waals surface area contributed by atoms with E-state index in [0.717, 1.165) is 35.8 Å². The van der Waals surface area contributed by atoms with E-state index < -0.39 is 29.5 Å². The summed E-state index contributed by atoms with van der Waals surface area (Å²) in [6, 6.07) is 3.75. The van der Waals surface area contributed by atoms with Crippen molar-refractivity contribution < 1.29 is 24.2 Å². The molecule has 3 atom stereocenters. The van der Waals surface area contributed by atoms with Gasteiger partial charge in [0.25, 0.3) is 0 Å². The van der Waals surface area contributed by atoms with Crippen LogP contribution in [0, 0.1) is 11.8 Å². The number of ether oxygens (including phenoxy) is 1. The Kier molecular flexibility index (Phi) is 6.11. The van der Waals surface area contributed by atoms with Crippen LogP contribution in [0.2, 0.25) is 0 Å². The van der Waals surface area contributed by atoms with Gasteiger partial charge in [-0.1, -0.05) is 13.0 Å². The number of carbonyl (C=O) groups is 3. The van der Waals surface area contributed by atoms with Gasteiger partial charge in [-0.3, -0.25) is 14.4 Å². The van der Waals surface area contributed by atoms with Crippen LogP contribution in [-0.4, -0.2) is 48.4 Å². The van der Waals surface area contributed by atoms with Crippen LogP contribution in [0.4, 0.5) is 5.00 Å². The van der Waals surface area contributed by atoms with Crippen LogP contribution in [0.3, 0.4) is 0 Å². The monoisotopic (exact) mass is 391 g/mol. The molecule has 7 heteroatoms. The third-order valence-corrected chi connectivity index (χ3v) is 6.65. The summed E-state index contributed by atoms with van der Waals surface area (Å²) in [5.41, 5.74) is 0. The SMILES string of the molecule is C=CCCOC(=O)C1CCN(c2ccc(C3C(=O)C(=O)C(C)C3O)s2)CC1. The zero-order chi connectivity index (χ0) is 19.6. The van der Waals surface area contributed by atoms with Gasteiger partial charge in [0, 0.05) is 23.9 Å². The third-order valence-electron chi connectivity index (χ3n) is 5.42. The number of ketones is 2. The first-order chi connectivity index (χ1) is 12.9. The molecule has 146 valence electrons. The second-order valence-corrected chi connectivity index (χ2v) is 8.26. The molecule has 0 bridgehead atoms. The van der Waals surface area contributed by atoms with Crippen molar-refractivity contribution in [3.63, 3.8) is 0 Å². The summed E-state index contributed by atoms with van der Waals surface area (Å²) < 4.78 is 5.25. The molecular formula is C20H25NO5S. The van der Waals surface area contributed by atoms with Crippen LogP contribution < -0.4 is 4.90 Å². The lowest BCUT2D eigenvalue weighted by molar-refractivity contribution is -0.149. The number of esters is 1. The highest BCUT2D eigenvalue weighted by atomic mass is 32.1. The number of nitrogens with zero attached hydrogens (tertiary/aromatic N) is 1. The Balaban J connectivity index is 1.59. The van der Waals surface area contributed by atoms with Gasteiger partial charge >= 0.3 is 5.97 Å². The summed E-state index contributed by atoms with van der Waals surface area (Å²) >= 11 is 1.44. The van der Waals surface area contributed by atoms with Crippen molar-refractivity contribution in [3.8, 4) is 0 Å². The summed E-state index contributed by atoms with van der Waals surface area (Å²) in [6.07, 6.45) is 2.88. The van der Waals surface area contributed by atoms with Crippen LogP contribution in [0.5, 0.6) is 0 Å². The van der Waals surface area contributed by atoms with E-state index in [2.05, 4.69) is 11.5 Å². The Morgan fingerprint density at radius 3 is 2.63 bits per heavy atom. The smallest absolute Gasteiger partial charge is 0.309 e. The molecule has 0 amide bonds. The standard InChI is InChI=1S/C20H25NO5S/c1-3-4-11-26-20(25)13-7-9-21(10-8-13)15-6-5-14(27-15)16-17(22)12(2)18(23)19(16)24/h3,5-6,12-13,16-17,22H,1,4,7-11H2,2H3. The van der Waals surface area contributed by atoms with E-state index in [4.69, 9.17) is 4.74 Å². The lowest BCUT2D eigenvalue weighted by atomic mass is 9.97. The topological polar surface area (TPSA) is 83.9 Å². The summed E-state index contributed by atoms with van der Waals surface area (Å²) in [6.45, 7) is 7.05. The molecular weight excluding hydrogens is 366 g/mol. The van der Waals surface area contributed by atoms with Gasteiger partial charge in [0.05, 0.1) is 29.5 Å². The lowest BCUT2D eigenvalue weighted by Crippen LogP contribution is -2.36. The van der Waals surface area contributed by atoms with Crippen molar-refractivity contribution in [1.82, 2.24) is 0 Å². The maximum atomic E-state index is 12.2. The first-order valence-corrected chi connectivity index (χ1v) is 10.1. The molecule has 3 rings (SSSR count). The number of carbonyl (C=O) groups excluding carboxylic acids is 3. The Labute approximate surface area is 162 Å². The van der Waals surface area contributed by atoms with E-state index in [1.165, 1.54) is 11.3 Å². The van der Waals surface area contributed by atoms with Crippen LogP contribution in [0.1, 0.15) is 37.0 Å². The number of aliphatic hydroxyl groups excluding tert-OH is 1. The van der Waals surface area contributed by atoms with Gasteiger partial charge in [-0.2, -0.15) is 0 Å². The largest absolute Gasteiger partial charge is 0.465 e. The molecule has 27 heavy (non-hydrogen) atoms. The van der Waals surface area contributed by atoms with Crippen molar-refractivity contribution in [2.75, 3.05) is 24.6 Å². The van der Waals surface area contributed by atoms with Gasteiger partial charge < -0.3 is 14.7 Å². The van der Waals surface area contributed by atoms with E-state index >= 15 is 0 Å². The molecule has 6 nitrogen and oxygen atoms in total. The minimum absolute atomic E-state index is 0.0813. The molecule has 3 unspecified atom stereocenters. The van der Waals surface area contributed by atoms with Gasteiger partial charge in [0.15, 0.2) is 0 Å². The molecule has 1 aromatic heterocycles. The number of anilines is 1. The number of rotatable bonds is 6. The van der Waals surface area contributed by atoms with Crippen LogP contribution in [0.25, 0.3) is 0 Å². The molecule has 1 saturated carbocycles. The Morgan fingerprint density at radius 1 is 1.33 bits per heavy atom. The predicted molar refractivity (Wildman–Crippen MR) is 103 cm³/mol. The number of Topliss-reactive ketones (excluding diaryl/α,β-unsaturated/α-hetero) is 2. The quantitative estimate of drug-likeness (QED) is 0.347. The van der Waals surface area contributed by atoms with E-state index in [9.17, 15) is 19.5 Å². The fraction of sp³-hybridized carbons (Fsp3) is 0.550. The van der Waals surface area contributed by atoms with Gasteiger partial charge in [0.1, 0.15) is 0 Å². The molecule has 2 heterocycles. The first-order valence-electron chi connectivity index (χ1n) is 9.32. The number of piperidine rings is 1. The Hall–Kier alpha value is -1.99. The summed E-state index contributed by atoms with van der Waals surface area (Å²) in [5.74, 6) is -2.60. The minimum Gasteiger partial charge on any atom is -0.465 e. The van der Waals surface area contributed by atoms with Gasteiger partial charge in [0.2, 0.25) is 11.6 Å². The molecule has 0 spiro atoms. The molecule has 1 aliphatic heterocycles. The van der Waals surface area contributed by atoms with Crippen molar-refractivity contribution >= 4 is 33.9 Å². The summed E-state index contributed by atoms with van der Waals surface area (Å²) in [7, 11) is 0. The molecule has 2 aliphatic rings. The highest BCUT2D eigenvalue weighted by molar-refractivity contribution is 7.16. The second-order valence-electron chi connectivity index (χ2n) is 7.17. The summed E-state index contributed by atoms with van der Waals surface area (Å²) in [4.78, 5) is 39.0. The van der Waals surface area contributed by atoms with Gasteiger partial charge in [-0.25, -0.2) is 0 Å². The van der Waals surface area contributed by atoms with E-state index in [1.807, 2.05) is 12.1 Å². The lowest BCUT2D eigenvalue weighted by Gasteiger charge is -2.31. The van der Waals surface area contributed by atoms with Gasteiger partial charge in [-0.05, 0) is 31.4 Å². The number of aliphatic hydroxyl groups is 1.